The first kappa shape index (κ1) is 11.9. The second-order valence-corrected chi connectivity index (χ2v) is 4.76. The van der Waals surface area contributed by atoms with Crippen LogP contribution in [-0.2, 0) is 0 Å². The summed E-state index contributed by atoms with van der Waals surface area (Å²) in [5, 5.41) is 1.13. The van der Waals surface area contributed by atoms with E-state index in [0.29, 0.717) is 0 Å². The van der Waals surface area contributed by atoms with Gasteiger partial charge in [0, 0.05) is 11.1 Å². The number of aromatic nitrogens is 1. The van der Waals surface area contributed by atoms with E-state index in [9.17, 15) is 0 Å². The summed E-state index contributed by atoms with van der Waals surface area (Å²) < 4.78 is 0. The van der Waals surface area contributed by atoms with E-state index in [0.717, 1.165) is 27.7 Å². The molecule has 3 aromatic rings. The Bertz CT molecular complexity index is 705. The minimum atomic E-state index is -0.118. The maximum absolute atomic E-state index is 6.42. The van der Waals surface area contributed by atoms with Gasteiger partial charge in [-0.2, -0.15) is 0 Å². The first-order chi connectivity index (χ1) is 9.25. The zero-order valence-electron chi connectivity index (χ0n) is 10.9. The zero-order chi connectivity index (χ0) is 13.2. The Kier molecular flexibility index (Phi) is 3.02. The van der Waals surface area contributed by atoms with Crippen LogP contribution in [0.5, 0.6) is 0 Å². The summed E-state index contributed by atoms with van der Waals surface area (Å²) in [7, 11) is 0. The first-order valence-corrected chi connectivity index (χ1v) is 6.42. The van der Waals surface area contributed by atoms with E-state index in [4.69, 9.17) is 5.73 Å². The Hall–Kier alpha value is -2.19. The van der Waals surface area contributed by atoms with Crippen molar-refractivity contribution in [3.63, 3.8) is 0 Å². The fraction of sp³-hybridized carbons (Fsp3) is 0.118. The minimum absolute atomic E-state index is 0.118. The molecule has 3 rings (SSSR count). The average molecular weight is 248 g/mol. The van der Waals surface area contributed by atoms with Crippen LogP contribution in [0, 0.1) is 6.92 Å². The molecule has 2 aromatic carbocycles. The molecule has 2 N–H and O–H groups in total. The largest absolute Gasteiger partial charge is 0.320 e. The molecule has 1 heterocycles. The summed E-state index contributed by atoms with van der Waals surface area (Å²) in [4.78, 5) is 4.56. The van der Waals surface area contributed by atoms with Crippen LogP contribution in [0.1, 0.15) is 22.9 Å². The Balaban J connectivity index is 2.19. The molecule has 19 heavy (non-hydrogen) atoms. The lowest BCUT2D eigenvalue weighted by Gasteiger charge is -2.15. The van der Waals surface area contributed by atoms with Crippen molar-refractivity contribution in [2.75, 3.05) is 0 Å². The van der Waals surface area contributed by atoms with Crippen molar-refractivity contribution in [3.8, 4) is 0 Å². The van der Waals surface area contributed by atoms with Gasteiger partial charge in [0.15, 0.2) is 0 Å². The SMILES string of the molecule is Cc1cc(C(N)c2ccccc2)c2ccccc2n1. The molecule has 0 amide bonds. The molecule has 0 spiro atoms. The van der Waals surface area contributed by atoms with Gasteiger partial charge >= 0.3 is 0 Å². The predicted octanol–water partition coefficient (Wildman–Crippen LogP) is 3.59. The van der Waals surface area contributed by atoms with E-state index in [1.807, 2.05) is 43.3 Å². The van der Waals surface area contributed by atoms with Crippen LogP contribution < -0.4 is 5.73 Å². The fourth-order valence-electron chi connectivity index (χ4n) is 2.44. The van der Waals surface area contributed by atoms with Crippen LogP contribution in [0.15, 0.2) is 60.7 Å². The van der Waals surface area contributed by atoms with E-state index >= 15 is 0 Å². The third kappa shape index (κ3) is 2.23. The highest BCUT2D eigenvalue weighted by Gasteiger charge is 2.13. The number of fused-ring (bicyclic) bond motifs is 1. The van der Waals surface area contributed by atoms with Crippen LogP contribution in [0.2, 0.25) is 0 Å². The molecule has 0 aliphatic rings. The van der Waals surface area contributed by atoms with Crippen LogP contribution in [0.25, 0.3) is 10.9 Å². The van der Waals surface area contributed by atoms with E-state index in [1.165, 1.54) is 0 Å². The van der Waals surface area contributed by atoms with Crippen molar-refractivity contribution >= 4 is 10.9 Å². The van der Waals surface area contributed by atoms with Crippen molar-refractivity contribution in [1.29, 1.82) is 0 Å². The predicted molar refractivity (Wildman–Crippen MR) is 79.0 cm³/mol. The Morgan fingerprint density at radius 2 is 1.63 bits per heavy atom. The number of nitrogens with zero attached hydrogens (tertiary/aromatic N) is 1. The molecule has 0 fully saturated rings. The number of pyridine rings is 1. The summed E-state index contributed by atoms with van der Waals surface area (Å²) in [5.41, 5.74) is 10.7. The fourth-order valence-corrected chi connectivity index (χ4v) is 2.44. The number of para-hydroxylation sites is 1. The molecule has 1 atom stereocenters. The highest BCUT2D eigenvalue weighted by atomic mass is 14.7. The monoisotopic (exact) mass is 248 g/mol. The Labute approximate surface area is 112 Å². The molecule has 1 unspecified atom stereocenters. The van der Waals surface area contributed by atoms with E-state index in [-0.39, 0.29) is 6.04 Å². The van der Waals surface area contributed by atoms with E-state index in [1.54, 1.807) is 0 Å². The zero-order valence-corrected chi connectivity index (χ0v) is 10.9. The lowest BCUT2D eigenvalue weighted by atomic mass is 9.96. The summed E-state index contributed by atoms with van der Waals surface area (Å²) in [6.07, 6.45) is 0. The van der Waals surface area contributed by atoms with Gasteiger partial charge in [0.2, 0.25) is 0 Å². The van der Waals surface area contributed by atoms with Crippen LogP contribution in [0.3, 0.4) is 0 Å². The molecule has 0 aliphatic heterocycles. The van der Waals surface area contributed by atoms with Crippen molar-refractivity contribution in [2.45, 2.75) is 13.0 Å². The average Bonchev–Trinajstić information content (AvgIpc) is 2.46. The molecule has 0 bridgehead atoms. The van der Waals surface area contributed by atoms with E-state index < -0.39 is 0 Å². The highest BCUT2D eigenvalue weighted by Crippen LogP contribution is 2.27. The standard InChI is InChI=1S/C17H16N2/c1-12-11-15(14-9-5-6-10-16(14)19-12)17(18)13-7-3-2-4-8-13/h2-11,17H,18H2,1H3. The number of aryl methyl sites for hydroxylation is 1. The van der Waals surface area contributed by atoms with Crippen molar-refractivity contribution in [1.82, 2.24) is 4.98 Å². The van der Waals surface area contributed by atoms with Gasteiger partial charge in [-0.1, -0.05) is 48.5 Å². The molecule has 0 saturated heterocycles. The summed E-state index contributed by atoms with van der Waals surface area (Å²) in [5.74, 6) is 0. The normalized spacial score (nSPS) is 12.5. The van der Waals surface area contributed by atoms with Gasteiger partial charge in [0.25, 0.3) is 0 Å². The lowest BCUT2D eigenvalue weighted by Crippen LogP contribution is -2.12. The topological polar surface area (TPSA) is 38.9 Å². The van der Waals surface area contributed by atoms with E-state index in [2.05, 4.69) is 29.2 Å². The maximum atomic E-state index is 6.42. The molecular weight excluding hydrogens is 232 g/mol. The number of hydrogen-bond donors (Lipinski definition) is 1. The third-order valence-corrected chi connectivity index (χ3v) is 3.37. The van der Waals surface area contributed by atoms with Gasteiger partial charge < -0.3 is 5.73 Å². The van der Waals surface area contributed by atoms with Crippen molar-refractivity contribution < 1.29 is 0 Å². The van der Waals surface area contributed by atoms with Crippen LogP contribution >= 0.6 is 0 Å². The quantitative estimate of drug-likeness (QED) is 0.752. The van der Waals surface area contributed by atoms with Crippen LogP contribution in [0.4, 0.5) is 0 Å². The maximum Gasteiger partial charge on any atom is 0.0708 e. The molecule has 0 radical (unpaired) electrons. The van der Waals surface area contributed by atoms with Gasteiger partial charge in [-0.3, -0.25) is 4.98 Å². The molecule has 2 heteroatoms. The van der Waals surface area contributed by atoms with Gasteiger partial charge in [0.1, 0.15) is 0 Å². The van der Waals surface area contributed by atoms with Crippen molar-refractivity contribution in [3.05, 3.63) is 77.5 Å². The lowest BCUT2D eigenvalue weighted by molar-refractivity contribution is 0.876. The smallest absolute Gasteiger partial charge is 0.0708 e. The summed E-state index contributed by atoms with van der Waals surface area (Å²) >= 11 is 0. The molecule has 0 aliphatic carbocycles. The van der Waals surface area contributed by atoms with Crippen LogP contribution in [-0.4, -0.2) is 4.98 Å². The van der Waals surface area contributed by atoms with Gasteiger partial charge in [-0.05, 0) is 30.2 Å². The Morgan fingerprint density at radius 1 is 0.947 bits per heavy atom. The molecule has 1 aromatic heterocycles. The molecule has 0 saturated carbocycles. The first-order valence-electron chi connectivity index (χ1n) is 6.42. The number of nitrogens with two attached hydrogens (primary N) is 1. The number of hydrogen-bond acceptors (Lipinski definition) is 2. The molecule has 2 nitrogen and oxygen atoms in total. The second-order valence-electron chi connectivity index (χ2n) is 4.76. The highest BCUT2D eigenvalue weighted by molar-refractivity contribution is 5.83. The minimum Gasteiger partial charge on any atom is -0.320 e. The summed E-state index contributed by atoms with van der Waals surface area (Å²) in [6.45, 7) is 2.01. The van der Waals surface area contributed by atoms with Crippen molar-refractivity contribution in [2.24, 2.45) is 5.73 Å². The number of rotatable bonds is 2. The second kappa shape index (κ2) is 4.82. The van der Waals surface area contributed by atoms with Gasteiger partial charge in [0.05, 0.1) is 11.6 Å². The molecule has 94 valence electrons. The summed E-state index contributed by atoms with van der Waals surface area (Å²) in [6, 6.07) is 20.3. The number of benzene rings is 2. The Morgan fingerprint density at radius 3 is 2.42 bits per heavy atom. The molecular formula is C17H16N2. The van der Waals surface area contributed by atoms with Gasteiger partial charge in [-0.25, -0.2) is 0 Å². The third-order valence-electron chi connectivity index (χ3n) is 3.37. The van der Waals surface area contributed by atoms with Gasteiger partial charge in [-0.15, -0.1) is 0 Å².